The lowest BCUT2D eigenvalue weighted by Crippen LogP contribution is -2.40. The van der Waals surface area contributed by atoms with Gasteiger partial charge in [0.05, 0.1) is 10.4 Å². The average molecular weight is 253 g/mol. The summed E-state index contributed by atoms with van der Waals surface area (Å²) in [6.07, 6.45) is 3.81. The molecule has 1 aromatic rings. The molecule has 0 radical (unpaired) electrons. The third kappa shape index (κ3) is 2.28. The van der Waals surface area contributed by atoms with E-state index < -0.39 is 5.41 Å². The van der Waals surface area contributed by atoms with E-state index in [9.17, 15) is 4.79 Å². The molecule has 0 unspecified atom stereocenters. The average Bonchev–Trinajstić information content (AvgIpc) is 3.00. The Labute approximate surface area is 105 Å². The SMILES string of the molecule is Cn1cnnc1CCNC(=O)C1(C(N)=S)CC1. The molecule has 0 atom stereocenters. The van der Waals surface area contributed by atoms with Crippen molar-refractivity contribution in [3.05, 3.63) is 12.2 Å². The first-order valence-electron chi connectivity index (χ1n) is 5.47. The number of nitrogens with zero attached hydrogens (tertiary/aromatic N) is 3. The summed E-state index contributed by atoms with van der Waals surface area (Å²) in [4.78, 5) is 12.2. The molecule has 0 aromatic carbocycles. The fraction of sp³-hybridized carbons (Fsp3) is 0.600. The fourth-order valence-electron chi connectivity index (χ4n) is 1.70. The molecule has 0 bridgehead atoms. The van der Waals surface area contributed by atoms with E-state index in [0.29, 0.717) is 18.0 Å². The Morgan fingerprint density at radius 3 is 2.88 bits per heavy atom. The second kappa shape index (κ2) is 4.40. The molecular weight excluding hydrogens is 238 g/mol. The van der Waals surface area contributed by atoms with Gasteiger partial charge in [0.15, 0.2) is 0 Å². The highest BCUT2D eigenvalue weighted by atomic mass is 32.1. The van der Waals surface area contributed by atoms with Crippen molar-refractivity contribution in [2.45, 2.75) is 19.3 Å². The van der Waals surface area contributed by atoms with E-state index in [2.05, 4.69) is 15.5 Å². The number of carbonyl (C=O) groups excluding carboxylic acids is 1. The zero-order valence-corrected chi connectivity index (χ0v) is 10.5. The van der Waals surface area contributed by atoms with Gasteiger partial charge in [-0.3, -0.25) is 4.79 Å². The first-order valence-corrected chi connectivity index (χ1v) is 5.88. The molecule has 1 aliphatic carbocycles. The number of nitrogens with two attached hydrogens (primary N) is 1. The topological polar surface area (TPSA) is 85.8 Å². The van der Waals surface area contributed by atoms with Crippen LogP contribution in [0, 0.1) is 5.41 Å². The van der Waals surface area contributed by atoms with Crippen LogP contribution in [0.25, 0.3) is 0 Å². The van der Waals surface area contributed by atoms with Crippen LogP contribution in [-0.4, -0.2) is 32.2 Å². The van der Waals surface area contributed by atoms with Gasteiger partial charge in [-0.2, -0.15) is 0 Å². The third-order valence-electron chi connectivity index (χ3n) is 3.10. The number of nitrogens with one attached hydrogen (secondary N) is 1. The third-order valence-corrected chi connectivity index (χ3v) is 3.49. The molecule has 92 valence electrons. The fourth-order valence-corrected chi connectivity index (χ4v) is 2.00. The van der Waals surface area contributed by atoms with E-state index in [1.165, 1.54) is 0 Å². The number of rotatable bonds is 5. The predicted octanol–water partition coefficient (Wildman–Crippen LogP) is -0.460. The van der Waals surface area contributed by atoms with Crippen molar-refractivity contribution in [3.8, 4) is 0 Å². The lowest BCUT2D eigenvalue weighted by Gasteiger charge is -2.13. The largest absolute Gasteiger partial charge is 0.392 e. The summed E-state index contributed by atoms with van der Waals surface area (Å²) in [5.41, 5.74) is 4.99. The van der Waals surface area contributed by atoms with Crippen molar-refractivity contribution >= 4 is 23.1 Å². The summed E-state index contributed by atoms with van der Waals surface area (Å²) in [5.74, 6) is 0.776. The maximum absolute atomic E-state index is 11.9. The van der Waals surface area contributed by atoms with Crippen LogP contribution in [0.15, 0.2) is 6.33 Å². The van der Waals surface area contributed by atoms with E-state index in [0.717, 1.165) is 18.7 Å². The Kier molecular flexibility index (Phi) is 3.10. The predicted molar refractivity (Wildman–Crippen MR) is 66.2 cm³/mol. The van der Waals surface area contributed by atoms with Gasteiger partial charge in [-0.25, -0.2) is 0 Å². The van der Waals surface area contributed by atoms with Crippen molar-refractivity contribution < 1.29 is 4.79 Å². The van der Waals surface area contributed by atoms with Crippen molar-refractivity contribution in [1.82, 2.24) is 20.1 Å². The van der Waals surface area contributed by atoms with Gasteiger partial charge in [-0.15, -0.1) is 10.2 Å². The monoisotopic (exact) mass is 253 g/mol. The van der Waals surface area contributed by atoms with Gasteiger partial charge in [0.1, 0.15) is 12.2 Å². The molecule has 2 rings (SSSR count). The quantitative estimate of drug-likeness (QED) is 0.694. The zero-order valence-electron chi connectivity index (χ0n) is 9.64. The van der Waals surface area contributed by atoms with Crippen LogP contribution in [0.3, 0.4) is 0 Å². The summed E-state index contributed by atoms with van der Waals surface area (Å²) >= 11 is 4.91. The smallest absolute Gasteiger partial charge is 0.233 e. The lowest BCUT2D eigenvalue weighted by atomic mass is 10.1. The van der Waals surface area contributed by atoms with Crippen LogP contribution < -0.4 is 11.1 Å². The van der Waals surface area contributed by atoms with E-state index in [1.807, 2.05) is 11.6 Å². The van der Waals surface area contributed by atoms with Crippen LogP contribution in [0.5, 0.6) is 0 Å². The summed E-state index contributed by atoms with van der Waals surface area (Å²) in [6, 6.07) is 0. The van der Waals surface area contributed by atoms with Crippen LogP contribution in [0.2, 0.25) is 0 Å². The molecule has 0 saturated heterocycles. The summed E-state index contributed by atoms with van der Waals surface area (Å²) in [6.45, 7) is 0.524. The second-order valence-corrected chi connectivity index (χ2v) is 4.75. The minimum Gasteiger partial charge on any atom is -0.392 e. The number of aromatic nitrogens is 3. The van der Waals surface area contributed by atoms with Crippen molar-refractivity contribution in [2.75, 3.05) is 6.54 Å². The molecule has 1 amide bonds. The highest BCUT2D eigenvalue weighted by Crippen LogP contribution is 2.46. The van der Waals surface area contributed by atoms with Gasteiger partial charge in [-0.1, -0.05) is 12.2 Å². The van der Waals surface area contributed by atoms with E-state index in [1.54, 1.807) is 6.33 Å². The molecule has 0 spiro atoms. The van der Waals surface area contributed by atoms with E-state index in [4.69, 9.17) is 18.0 Å². The maximum atomic E-state index is 11.9. The van der Waals surface area contributed by atoms with E-state index in [-0.39, 0.29) is 5.91 Å². The van der Waals surface area contributed by atoms with Gasteiger partial charge in [0, 0.05) is 20.0 Å². The molecule has 6 nitrogen and oxygen atoms in total. The Bertz CT molecular complexity index is 451. The number of thiocarbonyl (C=S) groups is 1. The lowest BCUT2D eigenvalue weighted by molar-refractivity contribution is -0.123. The number of amides is 1. The maximum Gasteiger partial charge on any atom is 0.233 e. The van der Waals surface area contributed by atoms with E-state index >= 15 is 0 Å². The summed E-state index contributed by atoms with van der Waals surface area (Å²) < 4.78 is 1.83. The summed E-state index contributed by atoms with van der Waals surface area (Å²) in [5, 5.41) is 10.5. The van der Waals surface area contributed by atoms with Crippen molar-refractivity contribution in [2.24, 2.45) is 18.2 Å². The van der Waals surface area contributed by atoms with Crippen molar-refractivity contribution in [3.63, 3.8) is 0 Å². The molecule has 7 heteroatoms. The minimum atomic E-state index is -0.574. The standard InChI is InChI=1S/C10H15N5OS/c1-15-6-13-14-7(15)2-5-12-9(16)10(3-4-10)8(11)17/h6H,2-5H2,1H3,(H2,11,17)(H,12,16). The first kappa shape index (κ1) is 12.0. The Morgan fingerprint density at radius 1 is 1.71 bits per heavy atom. The van der Waals surface area contributed by atoms with Crippen molar-refractivity contribution in [1.29, 1.82) is 0 Å². The zero-order chi connectivity index (χ0) is 12.5. The molecular formula is C10H15N5OS. The molecule has 1 fully saturated rings. The Balaban J connectivity index is 1.82. The van der Waals surface area contributed by atoms with Gasteiger partial charge in [0.25, 0.3) is 0 Å². The molecule has 3 N–H and O–H groups in total. The minimum absolute atomic E-state index is 0.0628. The van der Waals surface area contributed by atoms with Crippen LogP contribution in [0.1, 0.15) is 18.7 Å². The Morgan fingerprint density at radius 2 is 2.41 bits per heavy atom. The molecule has 1 aliphatic rings. The number of hydrogen-bond donors (Lipinski definition) is 2. The number of aryl methyl sites for hydroxylation is 1. The highest BCUT2D eigenvalue weighted by molar-refractivity contribution is 7.80. The molecule has 1 aromatic heterocycles. The number of carbonyl (C=O) groups is 1. The molecule has 1 heterocycles. The Hall–Kier alpha value is -1.50. The van der Waals surface area contributed by atoms with Crippen LogP contribution in [-0.2, 0) is 18.3 Å². The van der Waals surface area contributed by atoms with Crippen LogP contribution >= 0.6 is 12.2 Å². The first-order chi connectivity index (χ1) is 8.06. The summed E-state index contributed by atoms with van der Waals surface area (Å²) in [7, 11) is 1.87. The van der Waals surface area contributed by atoms with Gasteiger partial charge < -0.3 is 15.6 Å². The second-order valence-electron chi connectivity index (χ2n) is 4.31. The van der Waals surface area contributed by atoms with Crippen LogP contribution in [0.4, 0.5) is 0 Å². The highest BCUT2D eigenvalue weighted by Gasteiger charge is 2.52. The van der Waals surface area contributed by atoms with Gasteiger partial charge in [-0.05, 0) is 12.8 Å². The van der Waals surface area contributed by atoms with Gasteiger partial charge in [0.2, 0.25) is 5.91 Å². The normalized spacial score (nSPS) is 16.5. The molecule has 0 aliphatic heterocycles. The molecule has 17 heavy (non-hydrogen) atoms. The molecule has 1 saturated carbocycles. The number of hydrogen-bond acceptors (Lipinski definition) is 4. The van der Waals surface area contributed by atoms with Gasteiger partial charge >= 0.3 is 0 Å².